The van der Waals surface area contributed by atoms with Gasteiger partial charge in [0.15, 0.2) is 0 Å². The van der Waals surface area contributed by atoms with Crippen molar-refractivity contribution < 1.29 is 4.74 Å². The van der Waals surface area contributed by atoms with E-state index in [-0.39, 0.29) is 12.4 Å². The summed E-state index contributed by atoms with van der Waals surface area (Å²) in [4.78, 5) is 2.48. The van der Waals surface area contributed by atoms with E-state index in [1.165, 1.54) is 32.9 Å². The molecule has 0 amide bonds. The summed E-state index contributed by atoms with van der Waals surface area (Å²) in [7, 11) is 0. The Morgan fingerprint density at radius 1 is 0.815 bits per heavy atom. The summed E-state index contributed by atoms with van der Waals surface area (Å²) in [5.74, 6) is 0. The second kappa shape index (κ2) is 7.73. The molecule has 5 rings (SSSR count). The molecule has 27 heavy (non-hydrogen) atoms. The lowest BCUT2D eigenvalue weighted by Gasteiger charge is -2.26. The third kappa shape index (κ3) is 3.46. The number of hydrogen-bond donors (Lipinski definition) is 0. The average molecular weight is 379 g/mol. The topological polar surface area (TPSA) is 17.4 Å². The van der Waals surface area contributed by atoms with Gasteiger partial charge >= 0.3 is 0 Å². The van der Waals surface area contributed by atoms with Crippen molar-refractivity contribution in [1.29, 1.82) is 0 Å². The minimum absolute atomic E-state index is 0. The van der Waals surface area contributed by atoms with Crippen molar-refractivity contribution in [3.05, 3.63) is 78.5 Å². The van der Waals surface area contributed by atoms with E-state index in [1.807, 2.05) is 0 Å². The fourth-order valence-electron chi connectivity index (χ4n) is 3.92. The molecule has 1 fully saturated rings. The van der Waals surface area contributed by atoms with Crippen molar-refractivity contribution in [3.63, 3.8) is 0 Å². The van der Waals surface area contributed by atoms with Crippen LogP contribution < -0.4 is 0 Å². The average Bonchev–Trinajstić information content (AvgIpc) is 3.14. The minimum Gasteiger partial charge on any atom is -0.379 e. The van der Waals surface area contributed by atoms with Crippen molar-refractivity contribution in [3.8, 4) is 5.69 Å². The number of ether oxygens (including phenoxy) is 1. The molecule has 0 radical (unpaired) electrons. The van der Waals surface area contributed by atoms with Crippen LogP contribution in [0.2, 0.25) is 0 Å². The molecule has 1 aliphatic rings. The summed E-state index contributed by atoms with van der Waals surface area (Å²) in [6.45, 7) is 4.70. The molecule has 0 spiro atoms. The monoisotopic (exact) mass is 378 g/mol. The van der Waals surface area contributed by atoms with Crippen LogP contribution in [0.15, 0.2) is 72.9 Å². The van der Waals surface area contributed by atoms with Crippen LogP contribution in [-0.2, 0) is 11.3 Å². The predicted molar refractivity (Wildman–Crippen MR) is 114 cm³/mol. The zero-order chi connectivity index (χ0) is 17.3. The lowest BCUT2D eigenvalue weighted by atomic mass is 10.1. The van der Waals surface area contributed by atoms with E-state index in [0.29, 0.717) is 0 Å². The Balaban J connectivity index is 0.00000180. The van der Waals surface area contributed by atoms with E-state index < -0.39 is 0 Å². The van der Waals surface area contributed by atoms with Gasteiger partial charge in [0.2, 0.25) is 0 Å². The SMILES string of the molecule is Cl.c1ccc2cc(-n3ccc4c(CN5CCOCC5)cccc43)ccc2c1. The predicted octanol–water partition coefficient (Wildman–Crippen LogP) is 5.04. The zero-order valence-corrected chi connectivity index (χ0v) is 16.0. The number of nitrogens with zero attached hydrogens (tertiary/aromatic N) is 2. The van der Waals surface area contributed by atoms with Gasteiger partial charge in [-0.3, -0.25) is 4.90 Å². The highest BCUT2D eigenvalue weighted by Gasteiger charge is 2.13. The Morgan fingerprint density at radius 2 is 1.63 bits per heavy atom. The number of aromatic nitrogens is 1. The van der Waals surface area contributed by atoms with Crippen LogP contribution in [0.3, 0.4) is 0 Å². The van der Waals surface area contributed by atoms with Gasteiger partial charge in [-0.05, 0) is 40.6 Å². The van der Waals surface area contributed by atoms with Gasteiger partial charge in [-0.1, -0.05) is 42.5 Å². The highest BCUT2D eigenvalue weighted by Crippen LogP contribution is 2.26. The minimum atomic E-state index is 0. The van der Waals surface area contributed by atoms with Crippen molar-refractivity contribution in [2.45, 2.75) is 6.54 Å². The second-order valence-electron chi connectivity index (χ2n) is 6.96. The van der Waals surface area contributed by atoms with E-state index in [0.717, 1.165) is 32.8 Å². The Hall–Kier alpha value is -2.33. The maximum atomic E-state index is 5.48. The fraction of sp³-hybridized carbons (Fsp3) is 0.217. The first-order valence-electron chi connectivity index (χ1n) is 9.27. The van der Waals surface area contributed by atoms with Crippen LogP contribution in [-0.4, -0.2) is 35.8 Å². The molecule has 0 saturated carbocycles. The third-order valence-electron chi connectivity index (χ3n) is 5.33. The van der Waals surface area contributed by atoms with E-state index in [9.17, 15) is 0 Å². The van der Waals surface area contributed by atoms with E-state index in [4.69, 9.17) is 4.74 Å². The van der Waals surface area contributed by atoms with Crippen molar-refractivity contribution >= 4 is 34.1 Å². The first-order chi connectivity index (χ1) is 12.9. The van der Waals surface area contributed by atoms with Crippen LogP contribution in [0, 0.1) is 0 Å². The molecule has 0 unspecified atom stereocenters. The molecule has 0 aliphatic carbocycles. The molecule has 0 N–H and O–H groups in total. The molecule has 3 aromatic carbocycles. The number of hydrogen-bond acceptors (Lipinski definition) is 2. The largest absolute Gasteiger partial charge is 0.379 e. The lowest BCUT2D eigenvalue weighted by Crippen LogP contribution is -2.35. The van der Waals surface area contributed by atoms with Gasteiger partial charge in [0, 0.05) is 36.9 Å². The molecule has 1 aliphatic heterocycles. The number of morpholine rings is 1. The van der Waals surface area contributed by atoms with Crippen molar-refractivity contribution in [1.82, 2.24) is 9.47 Å². The molecular weight excluding hydrogens is 356 g/mol. The summed E-state index contributed by atoms with van der Waals surface area (Å²) in [6, 6.07) is 24.1. The van der Waals surface area contributed by atoms with Gasteiger partial charge in [0.05, 0.1) is 18.7 Å². The van der Waals surface area contributed by atoms with Gasteiger partial charge in [0.1, 0.15) is 0 Å². The summed E-state index contributed by atoms with van der Waals surface area (Å²) in [5, 5.41) is 3.89. The zero-order valence-electron chi connectivity index (χ0n) is 15.2. The summed E-state index contributed by atoms with van der Waals surface area (Å²) in [5.41, 5.74) is 3.87. The van der Waals surface area contributed by atoms with Crippen LogP contribution in [0.4, 0.5) is 0 Å². The van der Waals surface area contributed by atoms with E-state index in [2.05, 4.69) is 82.4 Å². The molecule has 1 aromatic heterocycles. The number of rotatable bonds is 3. The maximum absolute atomic E-state index is 5.48. The first-order valence-corrected chi connectivity index (χ1v) is 9.27. The van der Waals surface area contributed by atoms with Crippen LogP contribution in [0.25, 0.3) is 27.4 Å². The molecule has 0 atom stereocenters. The number of halogens is 1. The Labute approximate surface area is 165 Å². The Morgan fingerprint density at radius 3 is 2.48 bits per heavy atom. The smallest absolute Gasteiger partial charge is 0.0594 e. The molecule has 4 heteroatoms. The second-order valence-corrected chi connectivity index (χ2v) is 6.96. The Kier molecular flexibility index (Phi) is 5.17. The quantitative estimate of drug-likeness (QED) is 0.497. The van der Waals surface area contributed by atoms with Gasteiger partial charge < -0.3 is 9.30 Å². The molecule has 138 valence electrons. The summed E-state index contributed by atoms with van der Waals surface area (Å²) < 4.78 is 7.77. The number of fused-ring (bicyclic) bond motifs is 2. The van der Waals surface area contributed by atoms with Gasteiger partial charge in [-0.15, -0.1) is 12.4 Å². The molecule has 3 nitrogen and oxygen atoms in total. The molecule has 1 saturated heterocycles. The van der Waals surface area contributed by atoms with E-state index in [1.54, 1.807) is 0 Å². The van der Waals surface area contributed by atoms with Crippen LogP contribution in [0.5, 0.6) is 0 Å². The summed E-state index contributed by atoms with van der Waals surface area (Å²) >= 11 is 0. The highest BCUT2D eigenvalue weighted by molar-refractivity contribution is 5.88. The van der Waals surface area contributed by atoms with Crippen LogP contribution in [0.1, 0.15) is 5.56 Å². The molecule has 4 aromatic rings. The van der Waals surface area contributed by atoms with Gasteiger partial charge in [0.25, 0.3) is 0 Å². The van der Waals surface area contributed by atoms with Gasteiger partial charge in [-0.25, -0.2) is 0 Å². The normalized spacial score (nSPS) is 15.1. The third-order valence-corrected chi connectivity index (χ3v) is 5.33. The van der Waals surface area contributed by atoms with Crippen molar-refractivity contribution in [2.24, 2.45) is 0 Å². The standard InChI is InChI=1S/C23H22N2O.ClH/c1-2-5-19-16-21(9-8-18(19)4-1)25-11-10-22-20(6-3-7-23(22)25)17-24-12-14-26-15-13-24;/h1-11,16H,12-15,17H2;1H. The summed E-state index contributed by atoms with van der Waals surface area (Å²) in [6.07, 6.45) is 2.19. The molecule has 0 bridgehead atoms. The first kappa shape index (κ1) is 18.1. The Bertz CT molecular complexity index is 1070. The van der Waals surface area contributed by atoms with Gasteiger partial charge in [-0.2, -0.15) is 0 Å². The fourth-order valence-corrected chi connectivity index (χ4v) is 3.92. The lowest BCUT2D eigenvalue weighted by molar-refractivity contribution is 0.0344. The van der Waals surface area contributed by atoms with Crippen molar-refractivity contribution in [2.75, 3.05) is 26.3 Å². The molecular formula is C23H23ClN2O. The number of benzene rings is 3. The van der Waals surface area contributed by atoms with E-state index >= 15 is 0 Å². The van der Waals surface area contributed by atoms with Crippen LogP contribution >= 0.6 is 12.4 Å². The molecule has 2 heterocycles. The maximum Gasteiger partial charge on any atom is 0.0594 e. The highest BCUT2D eigenvalue weighted by atomic mass is 35.5.